The lowest BCUT2D eigenvalue weighted by atomic mass is 10.3. The average molecular weight is 338 g/mol. The maximum atomic E-state index is 12.2. The second-order valence-electron chi connectivity index (χ2n) is 5.15. The summed E-state index contributed by atoms with van der Waals surface area (Å²) in [6.07, 6.45) is 0. The van der Waals surface area contributed by atoms with E-state index < -0.39 is 10.0 Å². The lowest BCUT2D eigenvalue weighted by Gasteiger charge is -2.17. The Morgan fingerprint density at radius 1 is 1.35 bits per heavy atom. The maximum absolute atomic E-state index is 12.2. The number of hydrogen-bond donors (Lipinski definition) is 1. The second kappa shape index (κ2) is 7.02. The van der Waals surface area contributed by atoms with Gasteiger partial charge >= 0.3 is 0 Å². The Morgan fingerprint density at radius 2 is 2.00 bits per heavy atom. The average Bonchev–Trinajstić information content (AvgIpc) is 2.33. The molecule has 0 aliphatic carbocycles. The molecule has 0 radical (unpaired) electrons. The molecule has 0 spiro atoms. The van der Waals surface area contributed by atoms with Gasteiger partial charge in [-0.1, -0.05) is 32.4 Å². The zero-order valence-electron chi connectivity index (χ0n) is 12.1. The Balaban J connectivity index is 2.77. The molecule has 1 aromatic carbocycles. The molecule has 0 amide bonds. The summed E-state index contributed by atoms with van der Waals surface area (Å²) in [6.45, 7) is 6.63. The Hall–Kier alpha value is -0.430. The van der Waals surface area contributed by atoms with E-state index in [-0.39, 0.29) is 15.4 Å². The van der Waals surface area contributed by atoms with Crippen LogP contribution < -0.4 is 9.46 Å². The lowest BCUT2D eigenvalue weighted by Crippen LogP contribution is -2.27. The number of methoxy groups -OCH3 is 1. The Morgan fingerprint density at radius 3 is 2.55 bits per heavy atom. The van der Waals surface area contributed by atoms with Gasteiger partial charge in [0.05, 0.1) is 7.11 Å². The minimum atomic E-state index is -3.62. The predicted molar refractivity (Wildman–Crippen MR) is 85.4 cm³/mol. The summed E-state index contributed by atoms with van der Waals surface area (Å²) in [4.78, 5) is 0.0632. The molecule has 20 heavy (non-hydrogen) atoms. The molecule has 0 heterocycles. The molecule has 0 unspecified atom stereocenters. The third-order valence-corrected chi connectivity index (χ3v) is 5.34. The summed E-state index contributed by atoms with van der Waals surface area (Å²) >= 11 is 7.55. The molecule has 0 atom stereocenters. The van der Waals surface area contributed by atoms with Crippen molar-refractivity contribution in [2.75, 3.05) is 19.4 Å². The molecule has 0 bridgehead atoms. The van der Waals surface area contributed by atoms with Gasteiger partial charge in [0.25, 0.3) is 0 Å². The SMILES string of the molecule is COc1ccc(Cl)cc1S(=O)(=O)NCCSC(C)(C)C. The van der Waals surface area contributed by atoms with Crippen molar-refractivity contribution in [1.82, 2.24) is 4.72 Å². The molecule has 1 N–H and O–H groups in total. The van der Waals surface area contributed by atoms with Crippen molar-refractivity contribution >= 4 is 33.4 Å². The van der Waals surface area contributed by atoms with Gasteiger partial charge in [0.15, 0.2) is 0 Å². The molecule has 1 rings (SSSR count). The summed E-state index contributed by atoms with van der Waals surface area (Å²) in [5, 5.41) is 0.357. The van der Waals surface area contributed by atoms with E-state index in [9.17, 15) is 8.42 Å². The number of thioether (sulfide) groups is 1. The third kappa shape index (κ3) is 5.52. The van der Waals surface area contributed by atoms with Gasteiger partial charge in [0, 0.05) is 22.1 Å². The van der Waals surface area contributed by atoms with Crippen molar-refractivity contribution in [2.45, 2.75) is 30.4 Å². The molecule has 0 aromatic heterocycles. The van der Waals surface area contributed by atoms with Gasteiger partial charge in [-0.3, -0.25) is 0 Å². The van der Waals surface area contributed by atoms with Crippen LogP contribution in [-0.4, -0.2) is 32.6 Å². The van der Waals surface area contributed by atoms with E-state index in [0.29, 0.717) is 17.3 Å². The van der Waals surface area contributed by atoms with E-state index in [1.165, 1.54) is 13.2 Å². The predicted octanol–water partition coefficient (Wildman–Crippen LogP) is 3.16. The van der Waals surface area contributed by atoms with Crippen LogP contribution in [0, 0.1) is 0 Å². The van der Waals surface area contributed by atoms with Gasteiger partial charge in [-0.05, 0) is 18.2 Å². The zero-order chi connectivity index (χ0) is 15.4. The smallest absolute Gasteiger partial charge is 0.244 e. The van der Waals surface area contributed by atoms with Crippen LogP contribution in [0.2, 0.25) is 5.02 Å². The van der Waals surface area contributed by atoms with E-state index in [4.69, 9.17) is 16.3 Å². The van der Waals surface area contributed by atoms with Crippen molar-refractivity contribution in [1.29, 1.82) is 0 Å². The van der Waals surface area contributed by atoms with E-state index in [2.05, 4.69) is 25.5 Å². The molecule has 0 aliphatic rings. The van der Waals surface area contributed by atoms with Crippen LogP contribution in [-0.2, 0) is 10.0 Å². The van der Waals surface area contributed by atoms with Crippen LogP contribution in [0.25, 0.3) is 0 Å². The number of sulfonamides is 1. The van der Waals surface area contributed by atoms with Crippen molar-refractivity contribution in [3.63, 3.8) is 0 Å². The van der Waals surface area contributed by atoms with Gasteiger partial charge in [-0.25, -0.2) is 13.1 Å². The monoisotopic (exact) mass is 337 g/mol. The molecular weight excluding hydrogens is 318 g/mol. The fourth-order valence-corrected chi connectivity index (χ4v) is 3.88. The van der Waals surface area contributed by atoms with Gasteiger partial charge in [-0.2, -0.15) is 11.8 Å². The van der Waals surface area contributed by atoms with Gasteiger partial charge in [0.2, 0.25) is 10.0 Å². The van der Waals surface area contributed by atoms with E-state index in [0.717, 1.165) is 0 Å². The fraction of sp³-hybridized carbons (Fsp3) is 0.538. The van der Waals surface area contributed by atoms with Gasteiger partial charge in [-0.15, -0.1) is 0 Å². The first-order valence-electron chi connectivity index (χ1n) is 6.13. The normalized spacial score (nSPS) is 12.4. The highest BCUT2D eigenvalue weighted by Gasteiger charge is 2.20. The highest BCUT2D eigenvalue weighted by Crippen LogP contribution is 2.27. The van der Waals surface area contributed by atoms with Crippen LogP contribution in [0.4, 0.5) is 0 Å². The summed E-state index contributed by atoms with van der Waals surface area (Å²) in [7, 11) is -2.19. The fourth-order valence-electron chi connectivity index (χ4n) is 1.47. The maximum Gasteiger partial charge on any atom is 0.244 e. The topological polar surface area (TPSA) is 55.4 Å². The summed E-state index contributed by atoms with van der Waals surface area (Å²) < 4.78 is 32.2. The van der Waals surface area contributed by atoms with Crippen LogP contribution in [0.1, 0.15) is 20.8 Å². The Bertz CT molecular complexity index is 553. The number of benzene rings is 1. The van der Waals surface area contributed by atoms with E-state index in [1.807, 2.05) is 0 Å². The van der Waals surface area contributed by atoms with Crippen LogP contribution in [0.5, 0.6) is 5.75 Å². The summed E-state index contributed by atoms with van der Waals surface area (Å²) in [5.41, 5.74) is 0. The van der Waals surface area contributed by atoms with Crippen molar-refractivity contribution in [3.8, 4) is 5.75 Å². The quantitative estimate of drug-likeness (QED) is 0.810. The molecule has 1 aromatic rings. The molecule has 4 nitrogen and oxygen atoms in total. The van der Waals surface area contributed by atoms with Crippen LogP contribution in [0.15, 0.2) is 23.1 Å². The van der Waals surface area contributed by atoms with Crippen molar-refractivity contribution < 1.29 is 13.2 Å². The molecule has 0 fully saturated rings. The first-order valence-corrected chi connectivity index (χ1v) is 8.97. The van der Waals surface area contributed by atoms with Crippen molar-refractivity contribution in [2.24, 2.45) is 0 Å². The highest BCUT2D eigenvalue weighted by atomic mass is 35.5. The Labute approximate surface area is 130 Å². The number of rotatable bonds is 6. The zero-order valence-corrected chi connectivity index (χ0v) is 14.5. The first-order chi connectivity index (χ1) is 9.15. The largest absolute Gasteiger partial charge is 0.495 e. The molecule has 0 saturated carbocycles. The lowest BCUT2D eigenvalue weighted by molar-refractivity contribution is 0.402. The number of halogens is 1. The Kier molecular flexibility index (Phi) is 6.19. The number of nitrogens with one attached hydrogen (secondary N) is 1. The molecule has 7 heteroatoms. The first kappa shape index (κ1) is 17.6. The molecule has 114 valence electrons. The van der Waals surface area contributed by atoms with Gasteiger partial charge < -0.3 is 4.74 Å². The van der Waals surface area contributed by atoms with Crippen molar-refractivity contribution in [3.05, 3.63) is 23.2 Å². The minimum absolute atomic E-state index is 0.0632. The number of hydrogen-bond acceptors (Lipinski definition) is 4. The third-order valence-electron chi connectivity index (χ3n) is 2.34. The number of ether oxygens (including phenoxy) is 1. The standard InChI is InChI=1S/C13H20ClNO3S2/c1-13(2,3)19-8-7-15-20(16,17)12-9-10(14)5-6-11(12)18-4/h5-6,9,15H,7-8H2,1-4H3. The molecule has 0 aliphatic heterocycles. The van der Waals surface area contributed by atoms with Gasteiger partial charge in [0.1, 0.15) is 10.6 Å². The van der Waals surface area contributed by atoms with E-state index in [1.54, 1.807) is 23.9 Å². The van der Waals surface area contributed by atoms with E-state index >= 15 is 0 Å². The summed E-state index contributed by atoms with van der Waals surface area (Å²) in [6, 6.07) is 4.52. The second-order valence-corrected chi connectivity index (χ2v) is 9.25. The van der Waals surface area contributed by atoms with Crippen LogP contribution in [0.3, 0.4) is 0 Å². The molecular formula is C13H20ClNO3S2. The summed E-state index contributed by atoms with van der Waals surface area (Å²) in [5.74, 6) is 0.983. The highest BCUT2D eigenvalue weighted by molar-refractivity contribution is 8.00. The minimum Gasteiger partial charge on any atom is -0.495 e. The molecule has 0 saturated heterocycles. The van der Waals surface area contributed by atoms with Crippen LogP contribution >= 0.6 is 23.4 Å².